The second kappa shape index (κ2) is 16.3. The highest BCUT2D eigenvalue weighted by molar-refractivity contribution is 5.96. The van der Waals surface area contributed by atoms with Crippen LogP contribution >= 0.6 is 0 Å². The SMILES string of the molecule is CC(C)CC(NC(=O)C(N)Cc1ccccc1)C(=O)NC(CC(N)=O)C(=O)NC(CCCCN)C(=O)O. The third-order valence-corrected chi connectivity index (χ3v) is 5.58. The lowest BCUT2D eigenvalue weighted by molar-refractivity contribution is -0.142. The summed E-state index contributed by atoms with van der Waals surface area (Å²) in [5.74, 6) is -4.28. The highest BCUT2D eigenvalue weighted by Crippen LogP contribution is 2.09. The Balaban J connectivity index is 2.94. The number of rotatable bonds is 17. The molecule has 206 valence electrons. The van der Waals surface area contributed by atoms with E-state index in [2.05, 4.69) is 16.0 Å². The molecule has 37 heavy (non-hydrogen) atoms. The maximum Gasteiger partial charge on any atom is 0.326 e. The molecule has 0 radical (unpaired) electrons. The van der Waals surface area contributed by atoms with Crippen LogP contribution in [-0.4, -0.2) is 65.4 Å². The molecule has 0 bridgehead atoms. The Morgan fingerprint density at radius 1 is 0.865 bits per heavy atom. The fraction of sp³-hybridized carbons (Fsp3) is 0.560. The molecule has 1 aromatic carbocycles. The Kier molecular flexibility index (Phi) is 13.9. The van der Waals surface area contributed by atoms with Crippen LogP contribution in [-0.2, 0) is 30.4 Å². The van der Waals surface area contributed by atoms with Crippen molar-refractivity contribution in [3.63, 3.8) is 0 Å². The molecule has 0 saturated carbocycles. The average molecular weight is 521 g/mol. The van der Waals surface area contributed by atoms with Crippen LogP contribution in [0.25, 0.3) is 0 Å². The van der Waals surface area contributed by atoms with Crippen molar-refractivity contribution in [2.45, 2.75) is 76.5 Å². The second-order valence-electron chi connectivity index (χ2n) is 9.40. The molecule has 10 N–H and O–H groups in total. The summed E-state index contributed by atoms with van der Waals surface area (Å²) in [6, 6.07) is 4.54. The fourth-order valence-corrected chi connectivity index (χ4v) is 3.65. The number of carboxylic acids is 1. The molecule has 12 nitrogen and oxygen atoms in total. The van der Waals surface area contributed by atoms with E-state index in [1.165, 1.54) is 0 Å². The van der Waals surface area contributed by atoms with E-state index in [1.807, 2.05) is 44.2 Å². The first-order valence-electron chi connectivity index (χ1n) is 12.4. The molecule has 0 spiro atoms. The fourth-order valence-electron chi connectivity index (χ4n) is 3.65. The molecule has 0 fully saturated rings. The number of nitrogens with two attached hydrogens (primary N) is 3. The summed E-state index contributed by atoms with van der Waals surface area (Å²) < 4.78 is 0. The monoisotopic (exact) mass is 520 g/mol. The number of aliphatic carboxylic acids is 1. The zero-order valence-electron chi connectivity index (χ0n) is 21.4. The van der Waals surface area contributed by atoms with Crippen LogP contribution in [0.15, 0.2) is 30.3 Å². The van der Waals surface area contributed by atoms with Gasteiger partial charge < -0.3 is 38.3 Å². The Morgan fingerprint density at radius 2 is 1.43 bits per heavy atom. The number of unbranched alkanes of at least 4 members (excludes halogenated alkanes) is 1. The first-order valence-corrected chi connectivity index (χ1v) is 12.4. The number of hydrogen-bond acceptors (Lipinski definition) is 7. The molecule has 0 aliphatic heterocycles. The summed E-state index contributed by atoms with van der Waals surface area (Å²) in [4.78, 5) is 61.8. The van der Waals surface area contributed by atoms with Crippen LogP contribution in [0, 0.1) is 5.92 Å². The number of amides is 4. The molecular weight excluding hydrogens is 480 g/mol. The maximum absolute atomic E-state index is 13.1. The lowest BCUT2D eigenvalue weighted by Crippen LogP contribution is -2.58. The summed E-state index contributed by atoms with van der Waals surface area (Å²) in [6.45, 7) is 4.07. The van der Waals surface area contributed by atoms with Gasteiger partial charge in [-0.3, -0.25) is 19.2 Å². The molecule has 0 aliphatic carbocycles. The molecule has 4 unspecified atom stereocenters. The first-order chi connectivity index (χ1) is 17.4. The molecule has 0 aromatic heterocycles. The van der Waals surface area contributed by atoms with Crippen LogP contribution < -0.4 is 33.2 Å². The van der Waals surface area contributed by atoms with Crippen LogP contribution in [0.4, 0.5) is 0 Å². The van der Waals surface area contributed by atoms with Gasteiger partial charge in [-0.1, -0.05) is 44.2 Å². The van der Waals surface area contributed by atoms with Crippen molar-refractivity contribution in [3.05, 3.63) is 35.9 Å². The Morgan fingerprint density at radius 3 is 1.97 bits per heavy atom. The average Bonchev–Trinajstić information content (AvgIpc) is 2.82. The molecule has 4 amide bonds. The highest BCUT2D eigenvalue weighted by atomic mass is 16.4. The van der Waals surface area contributed by atoms with E-state index in [9.17, 15) is 29.1 Å². The smallest absolute Gasteiger partial charge is 0.326 e. The van der Waals surface area contributed by atoms with Gasteiger partial charge in [0.05, 0.1) is 12.5 Å². The standard InChI is InChI=1S/C25H40N6O6/c1-15(2)12-19(30-22(33)17(27)13-16-8-4-3-5-9-16)23(34)31-20(14-21(28)32)24(35)29-18(25(36)37)10-6-7-11-26/h3-5,8-9,15,17-20H,6-7,10-14,26-27H2,1-2H3,(H2,28,32)(H,29,35)(H,30,33)(H,31,34)(H,36,37). The zero-order valence-corrected chi connectivity index (χ0v) is 21.4. The minimum absolute atomic E-state index is 0.0104. The predicted octanol–water partition coefficient (Wildman–Crippen LogP) is -0.854. The van der Waals surface area contributed by atoms with Gasteiger partial charge in [0, 0.05) is 0 Å². The van der Waals surface area contributed by atoms with E-state index in [1.54, 1.807) is 0 Å². The topological polar surface area (TPSA) is 220 Å². The minimum atomic E-state index is -1.43. The molecule has 0 aliphatic rings. The van der Waals surface area contributed by atoms with Crippen molar-refractivity contribution in [3.8, 4) is 0 Å². The number of nitrogens with one attached hydrogen (secondary N) is 3. The molecule has 4 atom stereocenters. The van der Waals surface area contributed by atoms with E-state index in [0.29, 0.717) is 19.4 Å². The minimum Gasteiger partial charge on any atom is -0.480 e. The van der Waals surface area contributed by atoms with E-state index in [4.69, 9.17) is 17.2 Å². The van der Waals surface area contributed by atoms with Gasteiger partial charge in [-0.25, -0.2) is 4.79 Å². The van der Waals surface area contributed by atoms with Crippen LogP contribution in [0.2, 0.25) is 0 Å². The molecule has 0 saturated heterocycles. The molecule has 1 aromatic rings. The second-order valence-corrected chi connectivity index (χ2v) is 9.40. The number of carbonyl (C=O) groups excluding carboxylic acids is 4. The number of primary amides is 1. The quantitative estimate of drug-likeness (QED) is 0.128. The molecule has 1 rings (SSSR count). The summed E-state index contributed by atoms with van der Waals surface area (Å²) in [6.07, 6.45) is 1.10. The third kappa shape index (κ3) is 12.3. The van der Waals surface area contributed by atoms with E-state index in [0.717, 1.165) is 5.56 Å². The lowest BCUT2D eigenvalue weighted by atomic mass is 10.0. The summed E-state index contributed by atoms with van der Waals surface area (Å²) in [5, 5.41) is 16.8. The van der Waals surface area contributed by atoms with Crippen molar-refractivity contribution in [2.75, 3.05) is 6.54 Å². The van der Waals surface area contributed by atoms with Gasteiger partial charge in [0.1, 0.15) is 18.1 Å². The van der Waals surface area contributed by atoms with Gasteiger partial charge in [-0.05, 0) is 50.1 Å². The maximum atomic E-state index is 13.1. The summed E-state index contributed by atoms with van der Waals surface area (Å²) in [5.41, 5.74) is 17.6. The highest BCUT2D eigenvalue weighted by Gasteiger charge is 2.31. The lowest BCUT2D eigenvalue weighted by Gasteiger charge is -2.25. The number of hydrogen-bond donors (Lipinski definition) is 7. The van der Waals surface area contributed by atoms with Crippen molar-refractivity contribution in [1.82, 2.24) is 16.0 Å². The summed E-state index contributed by atoms with van der Waals surface area (Å²) >= 11 is 0. The Bertz CT molecular complexity index is 910. The van der Waals surface area contributed by atoms with Crippen LogP contribution in [0.1, 0.15) is 51.5 Å². The third-order valence-electron chi connectivity index (χ3n) is 5.58. The van der Waals surface area contributed by atoms with Gasteiger partial charge in [0.15, 0.2) is 0 Å². The van der Waals surface area contributed by atoms with E-state index >= 15 is 0 Å². The predicted molar refractivity (Wildman–Crippen MR) is 138 cm³/mol. The Hall–Kier alpha value is -3.51. The van der Waals surface area contributed by atoms with Gasteiger partial charge >= 0.3 is 5.97 Å². The van der Waals surface area contributed by atoms with E-state index < -0.39 is 60.2 Å². The van der Waals surface area contributed by atoms with Crippen LogP contribution in [0.3, 0.4) is 0 Å². The van der Waals surface area contributed by atoms with Crippen molar-refractivity contribution in [1.29, 1.82) is 0 Å². The van der Waals surface area contributed by atoms with Gasteiger partial charge in [-0.15, -0.1) is 0 Å². The van der Waals surface area contributed by atoms with Crippen molar-refractivity contribution >= 4 is 29.6 Å². The van der Waals surface area contributed by atoms with Crippen LogP contribution in [0.5, 0.6) is 0 Å². The normalized spacial score (nSPS) is 14.2. The number of carbonyl (C=O) groups is 5. The molecule has 0 heterocycles. The largest absolute Gasteiger partial charge is 0.480 e. The Labute approximate surface area is 217 Å². The van der Waals surface area contributed by atoms with Crippen molar-refractivity contribution < 1.29 is 29.1 Å². The van der Waals surface area contributed by atoms with E-state index in [-0.39, 0.29) is 25.2 Å². The van der Waals surface area contributed by atoms with Crippen molar-refractivity contribution in [2.24, 2.45) is 23.1 Å². The first kappa shape index (κ1) is 31.5. The summed E-state index contributed by atoms with van der Waals surface area (Å²) in [7, 11) is 0. The van der Waals surface area contributed by atoms with Gasteiger partial charge in [-0.2, -0.15) is 0 Å². The zero-order chi connectivity index (χ0) is 28.0. The molecule has 12 heteroatoms. The number of benzene rings is 1. The number of carboxylic acid groups (broad SMARTS) is 1. The van der Waals surface area contributed by atoms with Gasteiger partial charge in [0.2, 0.25) is 23.6 Å². The van der Waals surface area contributed by atoms with Gasteiger partial charge in [0.25, 0.3) is 0 Å². The molecular formula is C25H40N6O6.